The Labute approximate surface area is 133 Å². The van der Waals surface area contributed by atoms with Crippen LogP contribution < -0.4 is 5.73 Å². The van der Waals surface area contributed by atoms with E-state index in [1.165, 1.54) is 0 Å². The number of furan rings is 1. The standard InChI is InChI=1S/C15H10BrN5O/c16-9-3-5-10(6-4-9)21-15-11(8-18-21)13(17)19-14(20-15)12-2-1-7-22-12/h1-8H,(H2,17,19,20). The molecule has 0 atom stereocenters. The lowest BCUT2D eigenvalue weighted by Gasteiger charge is -2.05. The molecule has 6 nitrogen and oxygen atoms in total. The summed E-state index contributed by atoms with van der Waals surface area (Å²) in [4.78, 5) is 8.82. The van der Waals surface area contributed by atoms with Gasteiger partial charge >= 0.3 is 0 Å². The first-order valence-corrected chi connectivity index (χ1v) is 7.33. The predicted molar refractivity (Wildman–Crippen MR) is 86.5 cm³/mol. The van der Waals surface area contributed by atoms with Crippen LogP contribution in [0.3, 0.4) is 0 Å². The predicted octanol–water partition coefficient (Wildman–Crippen LogP) is 3.42. The number of aromatic nitrogens is 4. The van der Waals surface area contributed by atoms with E-state index in [4.69, 9.17) is 10.2 Å². The van der Waals surface area contributed by atoms with Crippen molar-refractivity contribution < 1.29 is 4.42 Å². The lowest BCUT2D eigenvalue weighted by atomic mass is 10.3. The highest BCUT2D eigenvalue weighted by molar-refractivity contribution is 9.10. The van der Waals surface area contributed by atoms with Gasteiger partial charge < -0.3 is 10.2 Å². The third kappa shape index (κ3) is 2.06. The molecule has 0 unspecified atom stereocenters. The second kappa shape index (κ2) is 4.96. The van der Waals surface area contributed by atoms with E-state index >= 15 is 0 Å². The van der Waals surface area contributed by atoms with Crippen molar-refractivity contribution in [3.05, 3.63) is 53.3 Å². The second-order valence-electron chi connectivity index (χ2n) is 4.68. The zero-order valence-electron chi connectivity index (χ0n) is 11.3. The number of nitrogen functional groups attached to an aromatic ring is 1. The summed E-state index contributed by atoms with van der Waals surface area (Å²) >= 11 is 3.42. The fourth-order valence-corrected chi connectivity index (χ4v) is 2.48. The lowest BCUT2D eigenvalue weighted by molar-refractivity contribution is 0.577. The van der Waals surface area contributed by atoms with Crippen LogP contribution >= 0.6 is 15.9 Å². The average molecular weight is 356 g/mol. The van der Waals surface area contributed by atoms with Crippen LogP contribution in [0.5, 0.6) is 0 Å². The molecule has 7 heteroatoms. The number of anilines is 1. The molecule has 0 amide bonds. The minimum absolute atomic E-state index is 0.375. The van der Waals surface area contributed by atoms with Crippen molar-refractivity contribution in [2.24, 2.45) is 0 Å². The fourth-order valence-electron chi connectivity index (χ4n) is 2.22. The van der Waals surface area contributed by atoms with E-state index < -0.39 is 0 Å². The molecule has 22 heavy (non-hydrogen) atoms. The maximum absolute atomic E-state index is 6.03. The molecule has 0 aliphatic carbocycles. The van der Waals surface area contributed by atoms with Crippen LogP contribution in [-0.4, -0.2) is 19.7 Å². The number of nitrogens with two attached hydrogens (primary N) is 1. The van der Waals surface area contributed by atoms with Gasteiger partial charge in [-0.3, -0.25) is 0 Å². The van der Waals surface area contributed by atoms with E-state index in [2.05, 4.69) is 31.0 Å². The average Bonchev–Trinajstić information content (AvgIpc) is 3.17. The third-order valence-corrected chi connectivity index (χ3v) is 3.80. The summed E-state index contributed by atoms with van der Waals surface area (Å²) in [6.45, 7) is 0. The Morgan fingerprint density at radius 1 is 1.09 bits per heavy atom. The van der Waals surface area contributed by atoms with Gasteiger partial charge in [-0.2, -0.15) is 5.10 Å². The molecule has 0 aliphatic rings. The Balaban J connectivity index is 1.95. The van der Waals surface area contributed by atoms with Gasteiger partial charge in [0, 0.05) is 4.47 Å². The smallest absolute Gasteiger partial charge is 0.199 e. The minimum Gasteiger partial charge on any atom is -0.461 e. The van der Waals surface area contributed by atoms with Gasteiger partial charge in [0.2, 0.25) is 0 Å². The lowest BCUT2D eigenvalue weighted by Crippen LogP contribution is -2.01. The van der Waals surface area contributed by atoms with E-state index in [-0.39, 0.29) is 0 Å². The molecule has 0 aliphatic heterocycles. The van der Waals surface area contributed by atoms with E-state index in [1.54, 1.807) is 29.3 Å². The van der Waals surface area contributed by atoms with Crippen LogP contribution in [-0.2, 0) is 0 Å². The van der Waals surface area contributed by atoms with Crippen LogP contribution in [0.1, 0.15) is 0 Å². The van der Waals surface area contributed by atoms with E-state index in [0.29, 0.717) is 28.4 Å². The Bertz CT molecular complexity index is 944. The van der Waals surface area contributed by atoms with Crippen molar-refractivity contribution in [1.29, 1.82) is 0 Å². The van der Waals surface area contributed by atoms with Gasteiger partial charge in [0.15, 0.2) is 17.2 Å². The highest BCUT2D eigenvalue weighted by Crippen LogP contribution is 2.25. The first-order valence-electron chi connectivity index (χ1n) is 6.53. The molecule has 0 radical (unpaired) electrons. The highest BCUT2D eigenvalue weighted by atomic mass is 79.9. The maximum atomic E-state index is 6.03. The topological polar surface area (TPSA) is 82.8 Å². The van der Waals surface area contributed by atoms with Gasteiger partial charge in [-0.25, -0.2) is 14.6 Å². The maximum Gasteiger partial charge on any atom is 0.199 e. The quantitative estimate of drug-likeness (QED) is 0.595. The van der Waals surface area contributed by atoms with Gasteiger partial charge in [-0.05, 0) is 36.4 Å². The van der Waals surface area contributed by atoms with Gasteiger partial charge in [-0.15, -0.1) is 0 Å². The molecular weight excluding hydrogens is 346 g/mol. The molecule has 3 aromatic heterocycles. The number of nitrogens with zero attached hydrogens (tertiary/aromatic N) is 4. The van der Waals surface area contributed by atoms with E-state index in [1.807, 2.05) is 24.3 Å². The molecule has 0 saturated carbocycles. The zero-order chi connectivity index (χ0) is 15.1. The van der Waals surface area contributed by atoms with E-state index in [9.17, 15) is 0 Å². The molecule has 108 valence electrons. The first-order chi connectivity index (χ1) is 10.7. The fraction of sp³-hybridized carbons (Fsp3) is 0. The van der Waals surface area contributed by atoms with Crippen LogP contribution in [0.2, 0.25) is 0 Å². The van der Waals surface area contributed by atoms with Gasteiger partial charge in [-0.1, -0.05) is 15.9 Å². The Kier molecular flexibility index (Phi) is 2.93. The molecule has 3 heterocycles. The largest absolute Gasteiger partial charge is 0.461 e. The molecule has 0 saturated heterocycles. The Hall–Kier alpha value is -2.67. The van der Waals surface area contributed by atoms with Crippen LogP contribution in [0.4, 0.5) is 5.82 Å². The summed E-state index contributed by atoms with van der Waals surface area (Å²) in [5.74, 6) is 1.38. The normalized spacial score (nSPS) is 11.1. The Morgan fingerprint density at radius 3 is 2.64 bits per heavy atom. The van der Waals surface area contributed by atoms with Crippen molar-refractivity contribution >= 4 is 32.8 Å². The molecule has 4 rings (SSSR count). The number of benzene rings is 1. The number of fused-ring (bicyclic) bond motifs is 1. The number of hydrogen-bond acceptors (Lipinski definition) is 5. The van der Waals surface area contributed by atoms with Crippen molar-refractivity contribution in [1.82, 2.24) is 19.7 Å². The van der Waals surface area contributed by atoms with Gasteiger partial charge in [0.1, 0.15) is 5.82 Å². The van der Waals surface area contributed by atoms with Crippen molar-refractivity contribution in [3.63, 3.8) is 0 Å². The molecular formula is C15H10BrN5O. The van der Waals surface area contributed by atoms with E-state index in [0.717, 1.165) is 10.2 Å². The number of rotatable bonds is 2. The number of hydrogen-bond donors (Lipinski definition) is 1. The summed E-state index contributed by atoms with van der Waals surface area (Å²) in [7, 11) is 0. The van der Waals surface area contributed by atoms with Crippen LogP contribution in [0.25, 0.3) is 28.3 Å². The van der Waals surface area contributed by atoms with Crippen LogP contribution in [0, 0.1) is 0 Å². The summed E-state index contributed by atoms with van der Waals surface area (Å²) in [5.41, 5.74) is 7.56. The molecule has 1 aromatic carbocycles. The zero-order valence-corrected chi connectivity index (χ0v) is 12.9. The van der Waals surface area contributed by atoms with Crippen molar-refractivity contribution in [2.75, 3.05) is 5.73 Å². The monoisotopic (exact) mass is 355 g/mol. The summed E-state index contributed by atoms with van der Waals surface area (Å²) < 4.78 is 8.07. The summed E-state index contributed by atoms with van der Waals surface area (Å²) in [6, 6.07) is 11.4. The van der Waals surface area contributed by atoms with Crippen LogP contribution in [0.15, 0.2) is 57.7 Å². The highest BCUT2D eigenvalue weighted by Gasteiger charge is 2.14. The van der Waals surface area contributed by atoms with Crippen molar-refractivity contribution in [2.45, 2.75) is 0 Å². The van der Waals surface area contributed by atoms with Gasteiger partial charge in [0.05, 0.1) is 23.5 Å². The minimum atomic E-state index is 0.375. The van der Waals surface area contributed by atoms with Gasteiger partial charge in [0.25, 0.3) is 0 Å². The molecule has 0 bridgehead atoms. The van der Waals surface area contributed by atoms with Crippen molar-refractivity contribution in [3.8, 4) is 17.3 Å². The number of halogens is 1. The Morgan fingerprint density at radius 2 is 1.91 bits per heavy atom. The third-order valence-electron chi connectivity index (χ3n) is 3.27. The molecule has 4 aromatic rings. The molecule has 2 N–H and O–H groups in total. The SMILES string of the molecule is Nc1nc(-c2ccco2)nc2c1cnn2-c1ccc(Br)cc1. The molecule has 0 spiro atoms. The molecule has 0 fully saturated rings. The summed E-state index contributed by atoms with van der Waals surface area (Å²) in [5, 5.41) is 5.07. The summed E-state index contributed by atoms with van der Waals surface area (Å²) in [6.07, 6.45) is 3.24. The first kappa shape index (κ1) is 13.0. The second-order valence-corrected chi connectivity index (χ2v) is 5.60.